The van der Waals surface area contributed by atoms with E-state index in [2.05, 4.69) is 0 Å². The molecule has 0 saturated carbocycles. The Balaban J connectivity index is 2.18. The molecule has 0 amide bonds. The predicted octanol–water partition coefficient (Wildman–Crippen LogP) is 4.04. The number of nitrogens with zero attached hydrogens (tertiary/aromatic N) is 3. The molecule has 0 spiro atoms. The number of carbonyl (C=O) groups excluding carboxylic acids is 1. The quantitative estimate of drug-likeness (QED) is 0.384. The molecule has 3 aromatic rings. The number of hydrogen-bond acceptors (Lipinski definition) is 7. The Morgan fingerprint density at radius 2 is 1.77 bits per heavy atom. The predicted molar refractivity (Wildman–Crippen MR) is 109 cm³/mol. The van der Waals surface area contributed by atoms with Gasteiger partial charge >= 0.3 is 5.97 Å². The highest BCUT2D eigenvalue weighted by atomic mass is 16.6. The van der Waals surface area contributed by atoms with E-state index >= 15 is 0 Å². The van der Waals surface area contributed by atoms with Crippen LogP contribution < -0.4 is 10.5 Å². The number of methoxy groups -OCH3 is 1. The van der Waals surface area contributed by atoms with Gasteiger partial charge < -0.3 is 19.8 Å². The average Bonchev–Trinajstić information content (AvgIpc) is 3.02. The first-order valence-corrected chi connectivity index (χ1v) is 8.78. The van der Waals surface area contributed by atoms with Crippen LogP contribution in [0.4, 0.5) is 11.4 Å². The van der Waals surface area contributed by atoms with Crippen molar-refractivity contribution in [1.82, 2.24) is 4.57 Å². The van der Waals surface area contributed by atoms with E-state index in [9.17, 15) is 20.2 Å². The summed E-state index contributed by atoms with van der Waals surface area (Å²) in [7, 11) is 1.17. The normalized spacial score (nSPS) is 10.3. The Morgan fingerprint density at radius 1 is 1.13 bits per heavy atom. The molecule has 9 nitrogen and oxygen atoms in total. The van der Waals surface area contributed by atoms with Crippen molar-refractivity contribution in [3.8, 4) is 23.3 Å². The molecule has 2 aromatic carbocycles. The van der Waals surface area contributed by atoms with Gasteiger partial charge in [-0.1, -0.05) is 6.07 Å². The molecule has 3 rings (SSSR count). The summed E-state index contributed by atoms with van der Waals surface area (Å²) >= 11 is 0. The molecule has 30 heavy (non-hydrogen) atoms. The zero-order valence-electron chi connectivity index (χ0n) is 16.5. The van der Waals surface area contributed by atoms with Gasteiger partial charge in [-0.05, 0) is 37.1 Å². The van der Waals surface area contributed by atoms with Crippen LogP contribution in [0, 0.1) is 35.3 Å². The van der Waals surface area contributed by atoms with Gasteiger partial charge in [-0.25, -0.2) is 4.79 Å². The van der Waals surface area contributed by atoms with E-state index in [1.807, 2.05) is 26.0 Å². The van der Waals surface area contributed by atoms with Crippen LogP contribution in [0.1, 0.15) is 27.2 Å². The highest BCUT2D eigenvalue weighted by Crippen LogP contribution is 2.32. The Labute approximate surface area is 172 Å². The summed E-state index contributed by atoms with van der Waals surface area (Å²) in [5.41, 5.74) is 7.68. The summed E-state index contributed by atoms with van der Waals surface area (Å²) in [5.74, 6) is -0.0834. The molecule has 0 bridgehead atoms. The molecule has 0 aliphatic carbocycles. The lowest BCUT2D eigenvalue weighted by Crippen LogP contribution is -2.11. The fraction of sp³-hybridized carbons (Fsp3) is 0.143. The monoisotopic (exact) mass is 406 g/mol. The Kier molecular flexibility index (Phi) is 5.42. The van der Waals surface area contributed by atoms with Crippen LogP contribution in [0.5, 0.6) is 11.5 Å². The van der Waals surface area contributed by atoms with Gasteiger partial charge in [0, 0.05) is 18.3 Å². The van der Waals surface area contributed by atoms with E-state index in [1.165, 1.54) is 36.1 Å². The molecule has 152 valence electrons. The second-order valence-electron chi connectivity index (χ2n) is 6.65. The third-order valence-electron chi connectivity index (χ3n) is 4.34. The number of benzene rings is 2. The van der Waals surface area contributed by atoms with E-state index in [-0.39, 0.29) is 34.1 Å². The van der Waals surface area contributed by atoms with Gasteiger partial charge in [0.1, 0.15) is 17.6 Å². The number of carbonyl (C=O) groups is 1. The number of nitrogens with two attached hydrogens (primary N) is 1. The molecule has 2 N–H and O–H groups in total. The highest BCUT2D eigenvalue weighted by Gasteiger charge is 2.23. The van der Waals surface area contributed by atoms with Crippen molar-refractivity contribution in [3.05, 3.63) is 75.1 Å². The minimum atomic E-state index is -0.780. The summed E-state index contributed by atoms with van der Waals surface area (Å²) in [6.07, 6.45) is 1.32. The summed E-state index contributed by atoms with van der Waals surface area (Å²) in [6, 6.07) is 11.5. The maximum Gasteiger partial charge on any atom is 0.357 e. The van der Waals surface area contributed by atoms with Crippen LogP contribution in [0.3, 0.4) is 0 Å². The molecule has 1 heterocycles. The number of nitro benzene ring substituents is 1. The third-order valence-corrected chi connectivity index (χ3v) is 4.34. The second kappa shape index (κ2) is 7.97. The van der Waals surface area contributed by atoms with Crippen molar-refractivity contribution in [2.75, 3.05) is 12.8 Å². The summed E-state index contributed by atoms with van der Waals surface area (Å²) in [4.78, 5) is 23.1. The van der Waals surface area contributed by atoms with Gasteiger partial charge in [-0.2, -0.15) is 5.26 Å². The lowest BCUT2D eigenvalue weighted by atomic mass is 10.1. The molecular formula is C21H18N4O5. The molecule has 0 radical (unpaired) electrons. The standard InChI is InChI=1S/C21H18N4O5/c1-12-4-13(2)6-17(5-12)30-18-8-15(7-16(9-18)25(27)28)24-11-14(10-22)19(23)20(24)21(26)29-3/h4-9,11H,23H2,1-3H3. The molecule has 0 fully saturated rings. The number of anilines is 1. The van der Waals surface area contributed by atoms with E-state index in [1.54, 1.807) is 12.1 Å². The van der Waals surface area contributed by atoms with E-state index < -0.39 is 10.9 Å². The lowest BCUT2D eigenvalue weighted by molar-refractivity contribution is -0.384. The van der Waals surface area contributed by atoms with E-state index in [0.29, 0.717) is 5.75 Å². The zero-order chi connectivity index (χ0) is 22.0. The van der Waals surface area contributed by atoms with Crippen LogP contribution in [-0.2, 0) is 4.74 Å². The van der Waals surface area contributed by atoms with Gasteiger partial charge in [0.2, 0.25) is 0 Å². The number of esters is 1. The Morgan fingerprint density at radius 3 is 2.33 bits per heavy atom. The first-order valence-electron chi connectivity index (χ1n) is 8.78. The van der Waals surface area contributed by atoms with Crippen molar-refractivity contribution < 1.29 is 19.2 Å². The molecule has 0 atom stereocenters. The van der Waals surface area contributed by atoms with Crippen molar-refractivity contribution in [2.45, 2.75) is 13.8 Å². The molecule has 0 aliphatic rings. The third kappa shape index (κ3) is 3.93. The van der Waals surface area contributed by atoms with Gasteiger partial charge in [0.25, 0.3) is 5.69 Å². The van der Waals surface area contributed by atoms with Crippen LogP contribution in [0.15, 0.2) is 42.6 Å². The number of nitro groups is 1. The van der Waals surface area contributed by atoms with Crippen molar-refractivity contribution >= 4 is 17.3 Å². The van der Waals surface area contributed by atoms with Gasteiger partial charge in [0.05, 0.1) is 35.0 Å². The maximum atomic E-state index is 12.2. The maximum absolute atomic E-state index is 12.2. The summed E-state index contributed by atoms with van der Waals surface area (Å²) in [6.45, 7) is 3.82. The number of non-ortho nitro benzene ring substituents is 1. The topological polar surface area (TPSA) is 133 Å². The molecule has 1 aromatic heterocycles. The van der Waals surface area contributed by atoms with Crippen LogP contribution in [-0.4, -0.2) is 22.6 Å². The molecule has 9 heteroatoms. The SMILES string of the molecule is COC(=O)c1c(N)c(C#N)cn1-c1cc(Oc2cc(C)cc(C)c2)cc([N+](=O)[O-])c1. The van der Waals surface area contributed by atoms with Crippen LogP contribution in [0.25, 0.3) is 5.69 Å². The number of ether oxygens (including phenoxy) is 2. The van der Waals surface area contributed by atoms with Gasteiger partial charge in [-0.15, -0.1) is 0 Å². The van der Waals surface area contributed by atoms with Crippen LogP contribution >= 0.6 is 0 Å². The fourth-order valence-electron chi connectivity index (χ4n) is 3.12. The van der Waals surface area contributed by atoms with E-state index in [0.717, 1.165) is 11.1 Å². The number of aryl methyl sites for hydroxylation is 2. The van der Waals surface area contributed by atoms with Crippen molar-refractivity contribution in [3.63, 3.8) is 0 Å². The number of nitriles is 1. The Bertz CT molecular complexity index is 1190. The molecule has 0 aliphatic heterocycles. The smallest absolute Gasteiger partial charge is 0.357 e. The van der Waals surface area contributed by atoms with Crippen molar-refractivity contribution in [1.29, 1.82) is 5.26 Å². The van der Waals surface area contributed by atoms with Crippen LogP contribution in [0.2, 0.25) is 0 Å². The number of rotatable bonds is 5. The summed E-state index contributed by atoms with van der Waals surface area (Å²) in [5, 5.41) is 20.7. The molecular weight excluding hydrogens is 388 g/mol. The van der Waals surface area contributed by atoms with Gasteiger partial charge in [0.15, 0.2) is 5.69 Å². The second-order valence-corrected chi connectivity index (χ2v) is 6.65. The van der Waals surface area contributed by atoms with Gasteiger partial charge in [-0.3, -0.25) is 10.1 Å². The number of aromatic nitrogens is 1. The number of hydrogen-bond donors (Lipinski definition) is 1. The minimum absolute atomic E-state index is 0.0404. The minimum Gasteiger partial charge on any atom is -0.464 e. The molecule has 0 unspecified atom stereocenters. The first kappa shape index (κ1) is 20.4. The van der Waals surface area contributed by atoms with Crippen molar-refractivity contribution in [2.24, 2.45) is 0 Å². The zero-order valence-corrected chi connectivity index (χ0v) is 16.5. The summed E-state index contributed by atoms with van der Waals surface area (Å²) < 4.78 is 11.9. The lowest BCUT2D eigenvalue weighted by Gasteiger charge is -2.12. The molecule has 0 saturated heterocycles. The fourth-order valence-corrected chi connectivity index (χ4v) is 3.12. The average molecular weight is 406 g/mol. The van der Waals surface area contributed by atoms with E-state index in [4.69, 9.17) is 15.2 Å². The largest absolute Gasteiger partial charge is 0.464 e. The Hall–Kier alpha value is -4.32. The highest BCUT2D eigenvalue weighted by molar-refractivity contribution is 5.96. The number of nitrogen functional groups attached to an aromatic ring is 1. The first-order chi connectivity index (χ1) is 14.2.